The maximum absolute atomic E-state index is 10.6. The van der Waals surface area contributed by atoms with Crippen LogP contribution in [0.15, 0.2) is 12.3 Å². The molecule has 1 N–H and O–H groups in total. The molecule has 12 heavy (non-hydrogen) atoms. The summed E-state index contributed by atoms with van der Waals surface area (Å²) in [5.41, 5.74) is 1.15. The van der Waals surface area contributed by atoms with E-state index in [-0.39, 0.29) is 5.69 Å². The summed E-state index contributed by atoms with van der Waals surface area (Å²) in [4.78, 5) is 10.6. The zero-order valence-corrected chi connectivity index (χ0v) is 7.07. The van der Waals surface area contributed by atoms with E-state index in [1.54, 1.807) is 31.0 Å². The molecule has 0 unspecified atom stereocenters. The SMILES string of the molecule is COCc1cc(C(=O)O)n(C)c1. The summed E-state index contributed by atoms with van der Waals surface area (Å²) in [6.45, 7) is 0.446. The van der Waals surface area contributed by atoms with Crippen molar-refractivity contribution in [3.8, 4) is 0 Å². The molecule has 0 fully saturated rings. The topological polar surface area (TPSA) is 51.5 Å². The van der Waals surface area contributed by atoms with Gasteiger partial charge >= 0.3 is 5.97 Å². The minimum atomic E-state index is -0.917. The molecule has 0 aromatic carbocycles. The van der Waals surface area contributed by atoms with Crippen LogP contribution in [0.2, 0.25) is 0 Å². The number of rotatable bonds is 3. The maximum Gasteiger partial charge on any atom is 0.352 e. The highest BCUT2D eigenvalue weighted by Gasteiger charge is 2.08. The lowest BCUT2D eigenvalue weighted by molar-refractivity contribution is 0.0686. The van der Waals surface area contributed by atoms with Crippen molar-refractivity contribution in [2.75, 3.05) is 7.11 Å². The van der Waals surface area contributed by atoms with Crippen molar-refractivity contribution < 1.29 is 14.6 Å². The maximum atomic E-state index is 10.6. The molecular formula is C8H11NO3. The molecule has 1 aromatic heterocycles. The lowest BCUT2D eigenvalue weighted by Crippen LogP contribution is -2.02. The molecule has 0 saturated heterocycles. The predicted molar refractivity (Wildman–Crippen MR) is 43.1 cm³/mol. The van der Waals surface area contributed by atoms with E-state index >= 15 is 0 Å². The van der Waals surface area contributed by atoms with Gasteiger partial charge in [0.25, 0.3) is 0 Å². The first-order valence-electron chi connectivity index (χ1n) is 3.52. The predicted octanol–water partition coefficient (Wildman–Crippen LogP) is 0.870. The lowest BCUT2D eigenvalue weighted by Gasteiger charge is -1.93. The number of carboxylic acid groups (broad SMARTS) is 1. The van der Waals surface area contributed by atoms with E-state index in [9.17, 15) is 4.79 Å². The number of carbonyl (C=O) groups is 1. The van der Waals surface area contributed by atoms with Crippen LogP contribution in [0.25, 0.3) is 0 Å². The van der Waals surface area contributed by atoms with Gasteiger partial charge in [0.05, 0.1) is 6.61 Å². The van der Waals surface area contributed by atoms with Crippen molar-refractivity contribution in [1.82, 2.24) is 4.57 Å². The molecule has 0 spiro atoms. The third-order valence-electron chi connectivity index (χ3n) is 1.59. The molecule has 1 rings (SSSR count). The van der Waals surface area contributed by atoms with Crippen LogP contribution < -0.4 is 0 Å². The minimum Gasteiger partial charge on any atom is -0.477 e. The number of hydrogen-bond donors (Lipinski definition) is 1. The van der Waals surface area contributed by atoms with Crippen LogP contribution in [0.1, 0.15) is 16.1 Å². The lowest BCUT2D eigenvalue weighted by atomic mass is 10.3. The molecule has 0 aliphatic carbocycles. The number of aryl methyl sites for hydroxylation is 1. The van der Waals surface area contributed by atoms with Crippen molar-refractivity contribution in [2.24, 2.45) is 7.05 Å². The number of ether oxygens (including phenoxy) is 1. The summed E-state index contributed by atoms with van der Waals surface area (Å²) in [5, 5.41) is 8.69. The summed E-state index contributed by atoms with van der Waals surface area (Å²) in [7, 11) is 3.27. The number of aromatic nitrogens is 1. The van der Waals surface area contributed by atoms with Gasteiger partial charge in [-0.05, 0) is 11.6 Å². The quantitative estimate of drug-likeness (QED) is 0.730. The molecule has 0 radical (unpaired) electrons. The second kappa shape index (κ2) is 3.40. The molecule has 0 saturated carbocycles. The van der Waals surface area contributed by atoms with Crippen LogP contribution in [-0.4, -0.2) is 22.8 Å². The van der Waals surface area contributed by atoms with Gasteiger partial charge in [-0.3, -0.25) is 0 Å². The Balaban J connectivity index is 2.92. The average Bonchev–Trinajstić information content (AvgIpc) is 2.32. The molecule has 4 heteroatoms. The van der Waals surface area contributed by atoms with Crippen LogP contribution in [0.3, 0.4) is 0 Å². The van der Waals surface area contributed by atoms with Crippen LogP contribution in [0, 0.1) is 0 Å². The summed E-state index contributed by atoms with van der Waals surface area (Å²) < 4.78 is 6.44. The zero-order valence-electron chi connectivity index (χ0n) is 7.07. The normalized spacial score (nSPS) is 10.2. The summed E-state index contributed by atoms with van der Waals surface area (Å²) >= 11 is 0. The Bertz CT molecular complexity index is 290. The van der Waals surface area contributed by atoms with Gasteiger partial charge in [0.2, 0.25) is 0 Å². The molecular weight excluding hydrogens is 158 g/mol. The smallest absolute Gasteiger partial charge is 0.352 e. The summed E-state index contributed by atoms with van der Waals surface area (Å²) in [5.74, 6) is -0.917. The van der Waals surface area contributed by atoms with Gasteiger partial charge in [0.15, 0.2) is 0 Å². The standard InChI is InChI=1S/C8H11NO3/c1-9-4-6(5-12-2)3-7(9)8(10)11/h3-4H,5H2,1-2H3,(H,10,11). The van der Waals surface area contributed by atoms with Gasteiger partial charge in [-0.15, -0.1) is 0 Å². The average molecular weight is 169 g/mol. The van der Waals surface area contributed by atoms with Gasteiger partial charge in [0.1, 0.15) is 5.69 Å². The highest BCUT2D eigenvalue weighted by Crippen LogP contribution is 2.07. The molecule has 0 atom stereocenters. The van der Waals surface area contributed by atoms with Gasteiger partial charge in [-0.25, -0.2) is 4.79 Å². The van der Waals surface area contributed by atoms with Crippen molar-refractivity contribution in [2.45, 2.75) is 6.61 Å². The van der Waals surface area contributed by atoms with Gasteiger partial charge in [0, 0.05) is 20.4 Å². The Morgan fingerprint density at radius 1 is 1.75 bits per heavy atom. The number of carboxylic acids is 1. The molecule has 66 valence electrons. The van der Waals surface area contributed by atoms with E-state index in [1.165, 1.54) is 0 Å². The Kier molecular flexibility index (Phi) is 2.50. The summed E-state index contributed by atoms with van der Waals surface area (Å²) in [6, 6.07) is 1.60. The Labute approximate surface area is 70.4 Å². The van der Waals surface area contributed by atoms with E-state index in [0.29, 0.717) is 6.61 Å². The third-order valence-corrected chi connectivity index (χ3v) is 1.59. The Morgan fingerprint density at radius 3 is 2.83 bits per heavy atom. The van der Waals surface area contributed by atoms with E-state index in [0.717, 1.165) is 5.56 Å². The van der Waals surface area contributed by atoms with Crippen LogP contribution in [-0.2, 0) is 18.4 Å². The number of methoxy groups -OCH3 is 1. The van der Waals surface area contributed by atoms with Gasteiger partial charge in [-0.1, -0.05) is 0 Å². The highest BCUT2D eigenvalue weighted by atomic mass is 16.5. The fourth-order valence-electron chi connectivity index (χ4n) is 1.09. The second-order valence-corrected chi connectivity index (χ2v) is 2.58. The monoisotopic (exact) mass is 169 g/mol. The van der Waals surface area contributed by atoms with Gasteiger partial charge < -0.3 is 14.4 Å². The number of nitrogens with zero attached hydrogens (tertiary/aromatic N) is 1. The highest BCUT2D eigenvalue weighted by molar-refractivity contribution is 5.86. The van der Waals surface area contributed by atoms with Crippen molar-refractivity contribution in [3.63, 3.8) is 0 Å². The Hall–Kier alpha value is -1.29. The van der Waals surface area contributed by atoms with Crippen LogP contribution in [0.5, 0.6) is 0 Å². The molecule has 0 bridgehead atoms. The molecule has 4 nitrogen and oxygen atoms in total. The fraction of sp³-hybridized carbons (Fsp3) is 0.375. The molecule has 0 amide bonds. The number of aromatic carboxylic acids is 1. The molecule has 1 aromatic rings. The Morgan fingerprint density at radius 2 is 2.42 bits per heavy atom. The van der Waals surface area contributed by atoms with Crippen LogP contribution >= 0.6 is 0 Å². The van der Waals surface area contributed by atoms with Gasteiger partial charge in [-0.2, -0.15) is 0 Å². The second-order valence-electron chi connectivity index (χ2n) is 2.58. The van der Waals surface area contributed by atoms with E-state index in [2.05, 4.69) is 0 Å². The first-order valence-corrected chi connectivity index (χ1v) is 3.52. The number of hydrogen-bond acceptors (Lipinski definition) is 2. The largest absolute Gasteiger partial charge is 0.477 e. The first kappa shape index (κ1) is 8.80. The minimum absolute atomic E-state index is 0.280. The van der Waals surface area contributed by atoms with Crippen molar-refractivity contribution in [3.05, 3.63) is 23.5 Å². The van der Waals surface area contributed by atoms with Crippen LogP contribution in [0.4, 0.5) is 0 Å². The zero-order chi connectivity index (χ0) is 9.14. The summed E-state index contributed by atoms with van der Waals surface area (Å²) in [6.07, 6.45) is 1.74. The van der Waals surface area contributed by atoms with Crippen molar-refractivity contribution >= 4 is 5.97 Å². The molecule has 0 aliphatic rings. The van der Waals surface area contributed by atoms with Crippen molar-refractivity contribution in [1.29, 1.82) is 0 Å². The first-order chi connectivity index (χ1) is 5.65. The molecule has 1 heterocycles. The van der Waals surface area contributed by atoms with E-state index < -0.39 is 5.97 Å². The third kappa shape index (κ3) is 1.65. The van der Waals surface area contributed by atoms with E-state index in [1.807, 2.05) is 0 Å². The molecule has 0 aliphatic heterocycles. The van der Waals surface area contributed by atoms with E-state index in [4.69, 9.17) is 9.84 Å². The fourth-order valence-corrected chi connectivity index (χ4v) is 1.09.